The van der Waals surface area contributed by atoms with Gasteiger partial charge >= 0.3 is 0 Å². The third kappa shape index (κ3) is 2.94. The summed E-state index contributed by atoms with van der Waals surface area (Å²) in [5.41, 5.74) is 0.999. The molecule has 0 aliphatic carbocycles. The molecule has 17 heavy (non-hydrogen) atoms. The lowest BCUT2D eigenvalue weighted by atomic mass is 10.1. The summed E-state index contributed by atoms with van der Waals surface area (Å²) in [6.07, 6.45) is 3.39. The summed E-state index contributed by atoms with van der Waals surface area (Å²) < 4.78 is 5.72. The molecule has 1 amide bonds. The predicted octanol–water partition coefficient (Wildman–Crippen LogP) is 2.93. The summed E-state index contributed by atoms with van der Waals surface area (Å²) in [6, 6.07) is 6.95. The Kier molecular flexibility index (Phi) is 3.58. The number of hydrogen-bond acceptors (Lipinski definition) is 3. The number of rotatable bonds is 3. The highest BCUT2D eigenvalue weighted by Gasteiger charge is 2.14. The highest BCUT2D eigenvalue weighted by atomic mass is 79.9. The molecule has 4 nitrogen and oxygen atoms in total. The molecular formula is C12H11BrN2O2. The second-order valence-electron chi connectivity index (χ2n) is 3.58. The normalized spacial score (nSPS) is 12.1. The molecule has 1 atom stereocenters. The third-order valence-corrected chi connectivity index (χ3v) is 2.78. The zero-order valence-electron chi connectivity index (χ0n) is 9.18. The number of aromatic nitrogens is 1. The van der Waals surface area contributed by atoms with E-state index < -0.39 is 0 Å². The zero-order valence-corrected chi connectivity index (χ0v) is 10.8. The van der Waals surface area contributed by atoms with E-state index in [1.54, 1.807) is 24.5 Å². The fourth-order valence-electron chi connectivity index (χ4n) is 1.44. The zero-order chi connectivity index (χ0) is 12.3. The highest BCUT2D eigenvalue weighted by Crippen LogP contribution is 2.16. The number of furan rings is 1. The Hall–Kier alpha value is -1.62. The van der Waals surface area contributed by atoms with Crippen LogP contribution >= 0.6 is 15.9 Å². The first-order valence-electron chi connectivity index (χ1n) is 5.13. The Labute approximate surface area is 107 Å². The Bertz CT molecular complexity index is 510. The lowest BCUT2D eigenvalue weighted by Gasteiger charge is -2.12. The van der Waals surface area contributed by atoms with E-state index >= 15 is 0 Å². The van der Waals surface area contributed by atoms with Crippen LogP contribution in [0.1, 0.15) is 29.1 Å². The number of hydrogen-bond donors (Lipinski definition) is 1. The molecule has 2 heterocycles. The average molecular weight is 295 g/mol. The maximum Gasteiger partial charge on any atom is 0.287 e. The first kappa shape index (κ1) is 11.9. The van der Waals surface area contributed by atoms with Crippen LogP contribution in [0, 0.1) is 0 Å². The molecule has 2 rings (SSSR count). The maximum atomic E-state index is 11.8. The van der Waals surface area contributed by atoms with Crippen molar-refractivity contribution in [1.82, 2.24) is 10.3 Å². The molecule has 0 aromatic carbocycles. The van der Waals surface area contributed by atoms with Crippen molar-refractivity contribution in [3.05, 3.63) is 52.7 Å². The number of nitrogens with zero attached hydrogens (tertiary/aromatic N) is 1. The van der Waals surface area contributed by atoms with Crippen molar-refractivity contribution in [1.29, 1.82) is 0 Å². The Morgan fingerprint density at radius 2 is 2.06 bits per heavy atom. The molecule has 0 radical (unpaired) electrons. The fraction of sp³-hybridized carbons (Fsp3) is 0.167. The van der Waals surface area contributed by atoms with Crippen LogP contribution in [-0.2, 0) is 0 Å². The van der Waals surface area contributed by atoms with Gasteiger partial charge in [-0.25, -0.2) is 0 Å². The van der Waals surface area contributed by atoms with Gasteiger partial charge in [0.2, 0.25) is 0 Å². The smallest absolute Gasteiger partial charge is 0.287 e. The standard InChI is InChI=1S/C12H11BrN2O2/c1-8(9-4-6-14-7-5-9)15-12(16)10-2-3-11(13)17-10/h2-8H,1H3,(H,15,16). The number of carbonyl (C=O) groups is 1. The minimum atomic E-state index is -0.236. The Balaban J connectivity index is 2.04. The highest BCUT2D eigenvalue weighted by molar-refractivity contribution is 9.10. The van der Waals surface area contributed by atoms with E-state index in [0.717, 1.165) is 5.56 Å². The number of amides is 1. The molecule has 0 saturated carbocycles. The summed E-state index contributed by atoms with van der Waals surface area (Å²) in [7, 11) is 0. The molecule has 5 heteroatoms. The van der Waals surface area contributed by atoms with E-state index in [1.165, 1.54) is 0 Å². The van der Waals surface area contributed by atoms with Gasteiger partial charge in [-0.3, -0.25) is 9.78 Å². The first-order valence-corrected chi connectivity index (χ1v) is 5.92. The largest absolute Gasteiger partial charge is 0.444 e. The number of halogens is 1. The van der Waals surface area contributed by atoms with Gasteiger partial charge in [0.05, 0.1) is 6.04 Å². The van der Waals surface area contributed by atoms with Gasteiger partial charge in [0, 0.05) is 12.4 Å². The van der Waals surface area contributed by atoms with Crippen LogP contribution in [0.15, 0.2) is 45.7 Å². The van der Waals surface area contributed by atoms with Crippen molar-refractivity contribution in [3.63, 3.8) is 0 Å². The lowest BCUT2D eigenvalue weighted by molar-refractivity contribution is 0.0910. The molecule has 0 fully saturated rings. The monoisotopic (exact) mass is 294 g/mol. The molecule has 1 unspecified atom stereocenters. The SMILES string of the molecule is CC(NC(=O)c1ccc(Br)o1)c1ccncc1. The molecule has 0 aliphatic rings. The van der Waals surface area contributed by atoms with Crippen molar-refractivity contribution < 1.29 is 9.21 Å². The topological polar surface area (TPSA) is 55.1 Å². The number of nitrogens with one attached hydrogen (secondary N) is 1. The van der Waals surface area contributed by atoms with Crippen LogP contribution in [0.25, 0.3) is 0 Å². The van der Waals surface area contributed by atoms with Crippen LogP contribution in [-0.4, -0.2) is 10.9 Å². The fourth-order valence-corrected chi connectivity index (χ4v) is 1.75. The third-order valence-electron chi connectivity index (χ3n) is 2.35. The average Bonchev–Trinajstić information content (AvgIpc) is 2.77. The van der Waals surface area contributed by atoms with E-state index in [2.05, 4.69) is 26.2 Å². The van der Waals surface area contributed by atoms with Gasteiger partial charge in [0.1, 0.15) is 0 Å². The van der Waals surface area contributed by atoms with Gasteiger partial charge in [0.15, 0.2) is 10.4 Å². The minimum absolute atomic E-state index is 0.0885. The summed E-state index contributed by atoms with van der Waals surface area (Å²) in [5.74, 6) is 0.0535. The summed E-state index contributed by atoms with van der Waals surface area (Å²) in [6.45, 7) is 1.91. The van der Waals surface area contributed by atoms with Gasteiger partial charge in [-0.05, 0) is 52.7 Å². The van der Waals surface area contributed by atoms with Crippen molar-refractivity contribution in [3.8, 4) is 0 Å². The molecule has 0 bridgehead atoms. The second kappa shape index (κ2) is 5.14. The van der Waals surface area contributed by atoms with Gasteiger partial charge in [0.25, 0.3) is 5.91 Å². The molecule has 0 saturated heterocycles. The molecular weight excluding hydrogens is 284 g/mol. The van der Waals surface area contributed by atoms with Crippen LogP contribution in [0.4, 0.5) is 0 Å². The van der Waals surface area contributed by atoms with E-state index in [0.29, 0.717) is 4.67 Å². The van der Waals surface area contributed by atoms with Gasteiger partial charge < -0.3 is 9.73 Å². The van der Waals surface area contributed by atoms with Gasteiger partial charge in [-0.1, -0.05) is 0 Å². The van der Waals surface area contributed by atoms with E-state index in [-0.39, 0.29) is 17.7 Å². The lowest BCUT2D eigenvalue weighted by Crippen LogP contribution is -2.26. The Morgan fingerprint density at radius 3 is 2.65 bits per heavy atom. The maximum absolute atomic E-state index is 11.8. The van der Waals surface area contributed by atoms with E-state index in [1.807, 2.05) is 19.1 Å². The van der Waals surface area contributed by atoms with E-state index in [4.69, 9.17) is 4.42 Å². The summed E-state index contributed by atoms with van der Waals surface area (Å²) in [5, 5.41) is 2.84. The molecule has 0 aliphatic heterocycles. The van der Waals surface area contributed by atoms with Crippen molar-refractivity contribution in [2.75, 3.05) is 0 Å². The van der Waals surface area contributed by atoms with Gasteiger partial charge in [-0.2, -0.15) is 0 Å². The summed E-state index contributed by atoms with van der Waals surface area (Å²) in [4.78, 5) is 15.7. The van der Waals surface area contributed by atoms with Crippen LogP contribution < -0.4 is 5.32 Å². The van der Waals surface area contributed by atoms with Crippen molar-refractivity contribution >= 4 is 21.8 Å². The first-order chi connectivity index (χ1) is 8.16. The number of pyridine rings is 1. The molecule has 1 N–H and O–H groups in total. The summed E-state index contributed by atoms with van der Waals surface area (Å²) >= 11 is 3.16. The minimum Gasteiger partial charge on any atom is -0.444 e. The van der Waals surface area contributed by atoms with E-state index in [9.17, 15) is 4.79 Å². The molecule has 88 valence electrons. The number of carbonyl (C=O) groups excluding carboxylic acids is 1. The predicted molar refractivity (Wildman–Crippen MR) is 66.5 cm³/mol. The second-order valence-corrected chi connectivity index (χ2v) is 4.36. The van der Waals surface area contributed by atoms with Crippen molar-refractivity contribution in [2.45, 2.75) is 13.0 Å². The Morgan fingerprint density at radius 1 is 1.35 bits per heavy atom. The van der Waals surface area contributed by atoms with Crippen LogP contribution in [0.5, 0.6) is 0 Å². The van der Waals surface area contributed by atoms with Crippen LogP contribution in [0.2, 0.25) is 0 Å². The quantitative estimate of drug-likeness (QED) is 0.947. The van der Waals surface area contributed by atoms with Crippen molar-refractivity contribution in [2.24, 2.45) is 0 Å². The van der Waals surface area contributed by atoms with Gasteiger partial charge in [-0.15, -0.1) is 0 Å². The van der Waals surface area contributed by atoms with Crippen LogP contribution in [0.3, 0.4) is 0 Å². The molecule has 2 aromatic rings. The molecule has 0 spiro atoms. The molecule has 2 aromatic heterocycles.